The molecule has 0 radical (unpaired) electrons. The van der Waals surface area contributed by atoms with Crippen LogP contribution in [0.2, 0.25) is 0 Å². The van der Waals surface area contributed by atoms with Crippen LogP contribution in [0.3, 0.4) is 0 Å². The summed E-state index contributed by atoms with van der Waals surface area (Å²) in [4.78, 5) is 24.5. The Morgan fingerprint density at radius 3 is 2.41 bits per heavy atom. The van der Waals surface area contributed by atoms with E-state index in [2.05, 4.69) is 24.5 Å². The first-order valence-corrected chi connectivity index (χ1v) is 9.11. The van der Waals surface area contributed by atoms with E-state index in [0.717, 1.165) is 17.2 Å². The number of nitrogens with two attached hydrogens (primary N) is 1. The number of amides is 2. The molecule has 0 saturated carbocycles. The second-order valence-corrected chi connectivity index (χ2v) is 7.48. The van der Waals surface area contributed by atoms with Crippen LogP contribution in [0.4, 0.5) is 0 Å². The summed E-state index contributed by atoms with van der Waals surface area (Å²) >= 11 is 0. The van der Waals surface area contributed by atoms with Crippen LogP contribution in [0.1, 0.15) is 44.0 Å². The fourth-order valence-corrected chi connectivity index (χ4v) is 3.21. The summed E-state index contributed by atoms with van der Waals surface area (Å²) in [6.45, 7) is 6.84. The van der Waals surface area contributed by atoms with Crippen molar-refractivity contribution >= 4 is 35.0 Å². The lowest BCUT2D eigenvalue weighted by molar-refractivity contribution is -0.122. The zero-order chi connectivity index (χ0) is 19.2. The van der Waals surface area contributed by atoms with E-state index in [1.54, 1.807) is 6.07 Å². The summed E-state index contributed by atoms with van der Waals surface area (Å²) in [5, 5.41) is 7.92. The predicted molar refractivity (Wildman–Crippen MR) is 113 cm³/mol. The number of halogens is 1. The van der Waals surface area contributed by atoms with Crippen LogP contribution in [0, 0.1) is 5.92 Å². The summed E-state index contributed by atoms with van der Waals surface area (Å²) in [6, 6.07) is 13.5. The van der Waals surface area contributed by atoms with Crippen LogP contribution in [-0.4, -0.2) is 30.4 Å². The Hall–Kier alpha value is -2.11. The van der Waals surface area contributed by atoms with Crippen LogP contribution in [0.15, 0.2) is 42.5 Å². The average Bonchev–Trinajstić information content (AvgIpc) is 2.60. The molecule has 4 N–H and O–H groups in total. The summed E-state index contributed by atoms with van der Waals surface area (Å²) in [7, 11) is 0. The SMILES string of the molecule is CC(C)CC(C)(CN)NC(=O)CCNC(=O)c1ccc2ccccc2c1.Cl. The topological polar surface area (TPSA) is 84.2 Å². The second kappa shape index (κ2) is 10.3. The van der Waals surface area contributed by atoms with Gasteiger partial charge in [-0.1, -0.05) is 44.2 Å². The van der Waals surface area contributed by atoms with Crippen LogP contribution in [0.5, 0.6) is 0 Å². The van der Waals surface area contributed by atoms with Crippen molar-refractivity contribution in [3.8, 4) is 0 Å². The quantitative estimate of drug-likeness (QED) is 0.645. The lowest BCUT2D eigenvalue weighted by atomic mass is 9.90. The number of benzene rings is 2. The van der Waals surface area contributed by atoms with Crippen molar-refractivity contribution < 1.29 is 9.59 Å². The fourth-order valence-electron chi connectivity index (χ4n) is 3.21. The molecule has 0 fully saturated rings. The van der Waals surface area contributed by atoms with Crippen LogP contribution in [0.25, 0.3) is 10.8 Å². The second-order valence-electron chi connectivity index (χ2n) is 7.48. The van der Waals surface area contributed by atoms with Gasteiger partial charge >= 0.3 is 0 Å². The van der Waals surface area contributed by atoms with E-state index < -0.39 is 5.54 Å². The standard InChI is InChI=1S/C21H29N3O2.ClH/c1-15(2)13-21(3,14-22)24-19(25)10-11-23-20(26)18-9-8-16-6-4-5-7-17(16)12-18;/h4-9,12,15H,10-11,13-14,22H2,1-3H3,(H,23,26)(H,24,25);1H. The van der Waals surface area contributed by atoms with Gasteiger partial charge in [0.15, 0.2) is 0 Å². The van der Waals surface area contributed by atoms with Crippen molar-refractivity contribution in [3.63, 3.8) is 0 Å². The van der Waals surface area contributed by atoms with Gasteiger partial charge in [0.1, 0.15) is 0 Å². The molecule has 2 amide bonds. The van der Waals surface area contributed by atoms with Crippen molar-refractivity contribution in [3.05, 3.63) is 48.0 Å². The first kappa shape index (κ1) is 22.9. The van der Waals surface area contributed by atoms with Gasteiger partial charge in [0, 0.05) is 30.6 Å². The third-order valence-corrected chi connectivity index (χ3v) is 4.40. The first-order valence-electron chi connectivity index (χ1n) is 9.11. The molecule has 2 aromatic rings. The Balaban J connectivity index is 0.00000364. The van der Waals surface area contributed by atoms with E-state index in [0.29, 0.717) is 24.6 Å². The number of rotatable bonds is 8. The van der Waals surface area contributed by atoms with E-state index in [1.807, 2.05) is 43.3 Å². The molecule has 0 saturated heterocycles. The minimum Gasteiger partial charge on any atom is -0.352 e. The number of nitrogens with one attached hydrogen (secondary N) is 2. The number of fused-ring (bicyclic) bond motifs is 1. The molecule has 2 aromatic carbocycles. The van der Waals surface area contributed by atoms with Gasteiger partial charge in [-0.3, -0.25) is 9.59 Å². The Morgan fingerprint density at radius 1 is 1.11 bits per heavy atom. The fraction of sp³-hybridized carbons (Fsp3) is 0.429. The van der Waals surface area contributed by atoms with Gasteiger partial charge in [0.25, 0.3) is 5.91 Å². The lowest BCUT2D eigenvalue weighted by Gasteiger charge is -2.31. The zero-order valence-corrected chi connectivity index (χ0v) is 17.1. The highest BCUT2D eigenvalue weighted by Crippen LogP contribution is 2.16. The molecule has 1 unspecified atom stereocenters. The molecule has 0 aliphatic heterocycles. The highest BCUT2D eigenvalue weighted by Gasteiger charge is 2.25. The van der Waals surface area contributed by atoms with Gasteiger partial charge in [0.05, 0.1) is 0 Å². The molecule has 0 aromatic heterocycles. The van der Waals surface area contributed by atoms with Crippen LogP contribution in [-0.2, 0) is 4.79 Å². The van der Waals surface area contributed by atoms with Gasteiger partial charge in [-0.25, -0.2) is 0 Å². The molecule has 5 nitrogen and oxygen atoms in total. The predicted octanol–water partition coefficient (Wildman–Crippen LogP) is 3.26. The normalized spacial score (nSPS) is 12.9. The summed E-state index contributed by atoms with van der Waals surface area (Å²) in [5.74, 6) is 0.168. The largest absolute Gasteiger partial charge is 0.352 e. The monoisotopic (exact) mass is 391 g/mol. The van der Waals surface area contributed by atoms with Crippen molar-refractivity contribution in [2.24, 2.45) is 11.7 Å². The molecule has 0 aliphatic rings. The summed E-state index contributed by atoms with van der Waals surface area (Å²) < 4.78 is 0. The smallest absolute Gasteiger partial charge is 0.251 e. The zero-order valence-electron chi connectivity index (χ0n) is 16.2. The number of hydrogen-bond acceptors (Lipinski definition) is 3. The minimum absolute atomic E-state index is 0. The maximum atomic E-state index is 12.3. The maximum absolute atomic E-state index is 12.3. The van der Waals surface area contributed by atoms with E-state index in [1.165, 1.54) is 0 Å². The first-order chi connectivity index (χ1) is 12.3. The van der Waals surface area contributed by atoms with Crippen molar-refractivity contribution in [2.45, 2.75) is 39.2 Å². The summed E-state index contributed by atoms with van der Waals surface area (Å²) in [6.07, 6.45) is 1.05. The molecule has 27 heavy (non-hydrogen) atoms. The molecule has 0 bridgehead atoms. The van der Waals surface area contributed by atoms with Gasteiger partial charge < -0.3 is 16.4 Å². The van der Waals surface area contributed by atoms with Gasteiger partial charge in [-0.15, -0.1) is 12.4 Å². The van der Waals surface area contributed by atoms with Crippen molar-refractivity contribution in [1.29, 1.82) is 0 Å². The molecule has 0 aliphatic carbocycles. The molecule has 0 heterocycles. The van der Waals surface area contributed by atoms with E-state index in [-0.39, 0.29) is 30.6 Å². The highest BCUT2D eigenvalue weighted by molar-refractivity contribution is 5.98. The molecule has 1 atom stereocenters. The average molecular weight is 392 g/mol. The third kappa shape index (κ3) is 6.85. The van der Waals surface area contributed by atoms with Crippen LogP contribution < -0.4 is 16.4 Å². The van der Waals surface area contributed by atoms with Crippen LogP contribution >= 0.6 is 12.4 Å². The third-order valence-electron chi connectivity index (χ3n) is 4.40. The molecule has 0 spiro atoms. The Morgan fingerprint density at radius 2 is 1.78 bits per heavy atom. The van der Waals surface area contributed by atoms with Gasteiger partial charge in [0.2, 0.25) is 5.91 Å². The number of carbonyl (C=O) groups excluding carboxylic acids is 2. The number of hydrogen-bond donors (Lipinski definition) is 3. The van der Waals surface area contributed by atoms with Crippen molar-refractivity contribution in [1.82, 2.24) is 10.6 Å². The van der Waals surface area contributed by atoms with E-state index in [9.17, 15) is 9.59 Å². The van der Waals surface area contributed by atoms with Crippen molar-refractivity contribution in [2.75, 3.05) is 13.1 Å². The Kier molecular flexibility index (Phi) is 8.73. The highest BCUT2D eigenvalue weighted by atomic mass is 35.5. The molecule has 148 valence electrons. The molecular formula is C21H30ClN3O2. The number of carbonyl (C=O) groups is 2. The molecule has 2 rings (SSSR count). The molecular weight excluding hydrogens is 362 g/mol. The van der Waals surface area contributed by atoms with Gasteiger partial charge in [-0.05, 0) is 42.2 Å². The Bertz CT molecular complexity index is 779. The Labute approximate surface area is 167 Å². The van der Waals surface area contributed by atoms with E-state index in [4.69, 9.17) is 5.73 Å². The minimum atomic E-state index is -0.409. The van der Waals surface area contributed by atoms with Gasteiger partial charge in [-0.2, -0.15) is 0 Å². The lowest BCUT2D eigenvalue weighted by Crippen LogP contribution is -2.52. The van der Waals surface area contributed by atoms with E-state index >= 15 is 0 Å². The molecule has 6 heteroatoms. The summed E-state index contributed by atoms with van der Waals surface area (Å²) in [5.41, 5.74) is 6.00. The maximum Gasteiger partial charge on any atom is 0.251 e.